The summed E-state index contributed by atoms with van der Waals surface area (Å²) in [4.78, 5) is 35.4. The number of rotatable bonds is 8. The van der Waals surface area contributed by atoms with Crippen molar-refractivity contribution in [3.05, 3.63) is 107 Å². The third-order valence-electron chi connectivity index (χ3n) is 7.10. The molecule has 1 unspecified atom stereocenters. The zero-order valence-electron chi connectivity index (χ0n) is 21.0. The number of likely N-dealkylation sites (tertiary alicyclic amines) is 1. The maximum absolute atomic E-state index is 13.7. The van der Waals surface area contributed by atoms with Crippen molar-refractivity contribution in [1.82, 2.24) is 14.8 Å². The normalized spacial score (nSPS) is 15.9. The molecule has 1 saturated heterocycles. The van der Waals surface area contributed by atoms with Crippen LogP contribution in [-0.4, -0.2) is 39.7 Å². The third kappa shape index (κ3) is 5.18. The van der Waals surface area contributed by atoms with E-state index < -0.39 is 6.04 Å². The number of thiazole rings is 1. The molecule has 0 bridgehead atoms. The molecule has 7 nitrogen and oxygen atoms in total. The second-order valence-electron chi connectivity index (χ2n) is 9.75. The largest absolute Gasteiger partial charge is 0.355 e. The Morgan fingerprint density at radius 2 is 1.79 bits per heavy atom. The van der Waals surface area contributed by atoms with Gasteiger partial charge in [-0.2, -0.15) is 0 Å². The minimum atomic E-state index is -0.765. The molecule has 1 atom stereocenters. The number of amides is 2. The quantitative estimate of drug-likeness (QED) is 0.304. The zero-order valence-corrected chi connectivity index (χ0v) is 21.8. The van der Waals surface area contributed by atoms with Gasteiger partial charge < -0.3 is 10.2 Å². The summed E-state index contributed by atoms with van der Waals surface area (Å²) in [5.74, 6) is -0.435. The van der Waals surface area contributed by atoms with Crippen LogP contribution < -0.4 is 10.6 Å². The van der Waals surface area contributed by atoms with Crippen molar-refractivity contribution in [1.29, 1.82) is 0 Å². The molecule has 2 aliphatic heterocycles. The molecule has 38 heavy (non-hydrogen) atoms. The standard InChI is InChI=1S/C30H29N5O2S/c36-28(33-30-31-13-16-38-30)27(22-8-2-1-3-9-22)35-20-23-11-12-25(18-26(23)29(35)37)32-24-10-6-7-21(17-24)19-34-14-4-5-15-34/h1-3,6-13,16-18,27,32H,4-5,14-15,19-20H2,(H,31,33,36). The van der Waals surface area contributed by atoms with Crippen molar-refractivity contribution in [3.8, 4) is 0 Å². The molecule has 2 aliphatic rings. The molecule has 1 aromatic heterocycles. The molecule has 0 saturated carbocycles. The highest BCUT2D eigenvalue weighted by atomic mass is 32.1. The molecule has 0 radical (unpaired) electrons. The average Bonchev–Trinajstić information content (AvgIpc) is 3.69. The van der Waals surface area contributed by atoms with Gasteiger partial charge in [-0.1, -0.05) is 48.5 Å². The van der Waals surface area contributed by atoms with E-state index in [1.54, 1.807) is 16.5 Å². The summed E-state index contributed by atoms with van der Waals surface area (Å²) < 4.78 is 0. The van der Waals surface area contributed by atoms with Crippen LogP contribution in [0.15, 0.2) is 84.4 Å². The lowest BCUT2D eigenvalue weighted by Crippen LogP contribution is -2.37. The first-order valence-corrected chi connectivity index (χ1v) is 13.8. The van der Waals surface area contributed by atoms with Crippen LogP contribution in [-0.2, 0) is 17.9 Å². The highest BCUT2D eigenvalue weighted by Gasteiger charge is 2.37. The Morgan fingerprint density at radius 1 is 0.974 bits per heavy atom. The average molecular weight is 524 g/mol. The predicted octanol–water partition coefficient (Wildman–Crippen LogP) is 5.82. The Morgan fingerprint density at radius 3 is 2.58 bits per heavy atom. The molecular weight excluding hydrogens is 494 g/mol. The van der Waals surface area contributed by atoms with E-state index in [4.69, 9.17) is 0 Å². The lowest BCUT2D eigenvalue weighted by atomic mass is 10.0. The molecule has 2 N–H and O–H groups in total. The summed E-state index contributed by atoms with van der Waals surface area (Å²) in [7, 11) is 0. The topological polar surface area (TPSA) is 77.6 Å². The molecule has 0 spiro atoms. The van der Waals surface area contributed by atoms with E-state index in [9.17, 15) is 9.59 Å². The van der Waals surface area contributed by atoms with Crippen LogP contribution in [0.3, 0.4) is 0 Å². The molecule has 8 heteroatoms. The lowest BCUT2D eigenvalue weighted by molar-refractivity contribution is -0.120. The number of benzene rings is 3. The summed E-state index contributed by atoms with van der Waals surface area (Å²) in [5, 5.41) is 8.67. The van der Waals surface area contributed by atoms with Crippen molar-refractivity contribution in [2.24, 2.45) is 0 Å². The van der Waals surface area contributed by atoms with E-state index in [-0.39, 0.29) is 11.8 Å². The molecule has 0 aliphatic carbocycles. The second-order valence-corrected chi connectivity index (χ2v) is 10.6. The van der Waals surface area contributed by atoms with Crippen LogP contribution in [0.5, 0.6) is 0 Å². The number of hydrogen-bond donors (Lipinski definition) is 2. The van der Waals surface area contributed by atoms with Gasteiger partial charge in [-0.15, -0.1) is 11.3 Å². The van der Waals surface area contributed by atoms with Crippen molar-refractivity contribution >= 4 is 39.7 Å². The molecule has 3 heterocycles. The van der Waals surface area contributed by atoms with Gasteiger partial charge in [-0.05, 0) is 66.9 Å². The number of aromatic nitrogens is 1. The maximum atomic E-state index is 13.7. The van der Waals surface area contributed by atoms with Crippen molar-refractivity contribution in [2.75, 3.05) is 23.7 Å². The fourth-order valence-electron chi connectivity index (χ4n) is 5.29. The van der Waals surface area contributed by atoms with E-state index in [1.165, 1.54) is 29.7 Å². The number of carbonyl (C=O) groups is 2. The van der Waals surface area contributed by atoms with E-state index >= 15 is 0 Å². The third-order valence-corrected chi connectivity index (χ3v) is 7.79. The van der Waals surface area contributed by atoms with Crippen LogP contribution in [0.1, 0.15) is 45.9 Å². The van der Waals surface area contributed by atoms with Crippen LogP contribution in [0.25, 0.3) is 0 Å². The van der Waals surface area contributed by atoms with Gasteiger partial charge in [-0.3, -0.25) is 19.8 Å². The first-order chi connectivity index (χ1) is 18.6. The van der Waals surface area contributed by atoms with E-state index in [0.717, 1.165) is 42.1 Å². The Labute approximate surface area is 226 Å². The van der Waals surface area contributed by atoms with Gasteiger partial charge in [0.05, 0.1) is 0 Å². The Kier molecular flexibility index (Phi) is 6.90. The van der Waals surface area contributed by atoms with Crippen LogP contribution in [0, 0.1) is 0 Å². The number of hydrogen-bond acceptors (Lipinski definition) is 6. The van der Waals surface area contributed by atoms with Gasteiger partial charge in [0.2, 0.25) is 0 Å². The molecule has 192 valence electrons. The van der Waals surface area contributed by atoms with Gasteiger partial charge >= 0.3 is 0 Å². The van der Waals surface area contributed by atoms with Gasteiger partial charge in [0.25, 0.3) is 11.8 Å². The first kappa shape index (κ1) is 24.3. The fraction of sp³-hybridized carbons (Fsp3) is 0.233. The van der Waals surface area contributed by atoms with Crippen LogP contribution in [0.2, 0.25) is 0 Å². The van der Waals surface area contributed by atoms with Crippen molar-refractivity contribution in [3.63, 3.8) is 0 Å². The maximum Gasteiger partial charge on any atom is 0.255 e. The number of carbonyl (C=O) groups excluding carboxylic acids is 2. The SMILES string of the molecule is O=C(Nc1nccs1)C(c1ccccc1)N1Cc2ccc(Nc3cccc(CN4CCCC4)c3)cc2C1=O. The monoisotopic (exact) mass is 523 g/mol. The van der Waals surface area contributed by atoms with Crippen LogP contribution >= 0.6 is 11.3 Å². The molecule has 4 aromatic rings. The summed E-state index contributed by atoms with van der Waals surface area (Å²) in [6, 6.07) is 23.0. The highest BCUT2D eigenvalue weighted by molar-refractivity contribution is 7.13. The van der Waals surface area contributed by atoms with Crippen molar-refractivity contribution < 1.29 is 9.59 Å². The minimum Gasteiger partial charge on any atom is -0.355 e. The summed E-state index contributed by atoms with van der Waals surface area (Å²) >= 11 is 1.35. The number of nitrogens with zero attached hydrogens (tertiary/aromatic N) is 3. The molecule has 3 aromatic carbocycles. The van der Waals surface area contributed by atoms with Gasteiger partial charge in [-0.25, -0.2) is 4.98 Å². The number of nitrogens with one attached hydrogen (secondary N) is 2. The summed E-state index contributed by atoms with van der Waals surface area (Å²) in [5.41, 5.74) is 5.40. The highest BCUT2D eigenvalue weighted by Crippen LogP contribution is 2.34. The summed E-state index contributed by atoms with van der Waals surface area (Å²) in [6.07, 6.45) is 4.19. The van der Waals surface area contributed by atoms with Crippen LogP contribution in [0.4, 0.5) is 16.5 Å². The fourth-order valence-corrected chi connectivity index (χ4v) is 5.82. The molecule has 2 amide bonds. The Bertz CT molecular complexity index is 1430. The van der Waals surface area contributed by atoms with Gasteiger partial charge in [0.15, 0.2) is 5.13 Å². The Hall–Kier alpha value is -4.01. The molecular formula is C30H29N5O2S. The minimum absolute atomic E-state index is 0.158. The smallest absolute Gasteiger partial charge is 0.255 e. The molecule has 1 fully saturated rings. The number of anilines is 3. The molecule has 6 rings (SSSR count). The number of fused-ring (bicyclic) bond motifs is 1. The zero-order chi connectivity index (χ0) is 25.9. The predicted molar refractivity (Wildman–Crippen MR) is 150 cm³/mol. The summed E-state index contributed by atoms with van der Waals surface area (Å²) in [6.45, 7) is 3.64. The lowest BCUT2D eigenvalue weighted by Gasteiger charge is -2.27. The van der Waals surface area contributed by atoms with E-state index in [0.29, 0.717) is 17.2 Å². The van der Waals surface area contributed by atoms with Crippen molar-refractivity contribution in [2.45, 2.75) is 32.0 Å². The van der Waals surface area contributed by atoms with Gasteiger partial charge in [0, 0.05) is 41.6 Å². The van der Waals surface area contributed by atoms with Gasteiger partial charge in [0.1, 0.15) is 6.04 Å². The second kappa shape index (κ2) is 10.8. The Balaban J connectivity index is 1.22. The first-order valence-electron chi connectivity index (χ1n) is 12.9. The van der Waals surface area contributed by atoms with E-state index in [1.807, 2.05) is 54.6 Å². The van der Waals surface area contributed by atoms with E-state index in [2.05, 4.69) is 38.7 Å².